The predicted molar refractivity (Wildman–Crippen MR) is 258 cm³/mol. The minimum absolute atomic E-state index is 0. The maximum Gasteiger partial charge on any atom is 2.00 e. The molecular formula is C56H74SiZr. The Morgan fingerprint density at radius 3 is 1.09 bits per heavy atom. The van der Waals surface area contributed by atoms with E-state index in [0.717, 1.165) is 0 Å². The Labute approximate surface area is 374 Å². The van der Waals surface area contributed by atoms with Gasteiger partial charge in [0.05, 0.1) is 0 Å². The second kappa shape index (κ2) is 23.3. The van der Waals surface area contributed by atoms with Gasteiger partial charge >= 0.3 is 26.2 Å². The average Bonchev–Trinajstić information content (AvgIpc) is 3.81. The fourth-order valence-corrected chi connectivity index (χ4v) is 14.0. The first-order chi connectivity index (χ1) is 27.9. The van der Waals surface area contributed by atoms with Gasteiger partial charge in [-0.05, 0) is 60.8 Å². The van der Waals surface area contributed by atoms with Crippen molar-refractivity contribution < 1.29 is 26.2 Å². The van der Waals surface area contributed by atoms with E-state index >= 15 is 0 Å². The van der Waals surface area contributed by atoms with Gasteiger partial charge in [0.25, 0.3) is 0 Å². The van der Waals surface area contributed by atoms with Crippen molar-refractivity contribution in [2.24, 2.45) is 0 Å². The molecule has 6 aromatic rings. The molecule has 0 radical (unpaired) electrons. The van der Waals surface area contributed by atoms with Crippen LogP contribution >= 0.6 is 0 Å². The van der Waals surface area contributed by atoms with Crippen LogP contribution in [0.3, 0.4) is 0 Å². The summed E-state index contributed by atoms with van der Waals surface area (Å²) in [5, 5.41) is 9.35. The first-order valence-electron chi connectivity index (χ1n) is 23.5. The second-order valence-corrected chi connectivity index (χ2v) is 22.1. The minimum atomic E-state index is -2.31. The van der Waals surface area contributed by atoms with Gasteiger partial charge in [-0.1, -0.05) is 202 Å². The van der Waals surface area contributed by atoms with E-state index < -0.39 is 8.07 Å². The molecule has 0 N–H and O–H groups in total. The largest absolute Gasteiger partial charge is 2.00 e. The number of aryl methyl sites for hydroxylation is 4. The van der Waals surface area contributed by atoms with Crippen LogP contribution in [0.5, 0.6) is 0 Å². The fourth-order valence-electron chi connectivity index (χ4n) is 9.91. The molecule has 0 saturated heterocycles. The summed E-state index contributed by atoms with van der Waals surface area (Å²) < 4.78 is 0. The van der Waals surface area contributed by atoms with Crippen molar-refractivity contribution >= 4 is 40.0 Å². The van der Waals surface area contributed by atoms with Crippen molar-refractivity contribution in [1.82, 2.24) is 0 Å². The molecule has 0 aromatic heterocycles. The third kappa shape index (κ3) is 11.3. The predicted octanol–water partition coefficient (Wildman–Crippen LogP) is 16.1. The number of rotatable bonds is 24. The molecule has 0 aliphatic rings. The van der Waals surface area contributed by atoms with Gasteiger partial charge in [-0.15, -0.1) is 69.1 Å². The van der Waals surface area contributed by atoms with Gasteiger partial charge in [0, 0.05) is 8.07 Å². The van der Waals surface area contributed by atoms with Crippen molar-refractivity contribution in [3.05, 3.63) is 119 Å². The van der Waals surface area contributed by atoms with E-state index in [1.54, 1.807) is 21.5 Å². The Morgan fingerprint density at radius 2 is 0.741 bits per heavy atom. The number of fused-ring (bicyclic) bond motifs is 2. The summed E-state index contributed by atoms with van der Waals surface area (Å²) in [4.78, 5) is 0. The van der Waals surface area contributed by atoms with Crippen molar-refractivity contribution in [3.63, 3.8) is 0 Å². The molecule has 306 valence electrons. The Kier molecular flexibility index (Phi) is 18.6. The summed E-state index contributed by atoms with van der Waals surface area (Å²) in [6, 6.07) is 38.9. The molecule has 0 aliphatic heterocycles. The van der Waals surface area contributed by atoms with Crippen LogP contribution in [0.25, 0.3) is 43.8 Å². The quantitative estimate of drug-likeness (QED) is 0.0323. The van der Waals surface area contributed by atoms with E-state index in [4.69, 9.17) is 0 Å². The van der Waals surface area contributed by atoms with E-state index in [-0.39, 0.29) is 26.2 Å². The van der Waals surface area contributed by atoms with E-state index in [2.05, 4.69) is 138 Å². The zero-order valence-corrected chi connectivity index (χ0v) is 40.8. The third-order valence-corrected chi connectivity index (χ3v) is 16.7. The smallest absolute Gasteiger partial charge is 0.158 e. The van der Waals surface area contributed by atoms with Crippen LogP contribution in [0.4, 0.5) is 0 Å². The van der Waals surface area contributed by atoms with Crippen molar-refractivity contribution in [2.75, 3.05) is 0 Å². The zero-order chi connectivity index (χ0) is 40.0. The van der Waals surface area contributed by atoms with Gasteiger partial charge in [0.15, 0.2) is 0 Å². The van der Waals surface area contributed by atoms with Crippen LogP contribution < -0.4 is 10.4 Å². The maximum atomic E-state index is 2.72. The molecule has 0 spiro atoms. The first-order valence-corrected chi connectivity index (χ1v) is 26.5. The first kappa shape index (κ1) is 46.3. The summed E-state index contributed by atoms with van der Waals surface area (Å²) in [6.07, 6.45) is 25.6. The van der Waals surface area contributed by atoms with Crippen LogP contribution in [0.2, 0.25) is 13.1 Å². The molecular weight excluding hydrogens is 792 g/mol. The van der Waals surface area contributed by atoms with Crippen LogP contribution in [0.1, 0.15) is 153 Å². The Balaban J connectivity index is 0.00000641. The summed E-state index contributed by atoms with van der Waals surface area (Å²) in [6.45, 7) is 14.7. The molecule has 0 atom stereocenters. The van der Waals surface area contributed by atoms with Gasteiger partial charge < -0.3 is 0 Å². The summed E-state index contributed by atoms with van der Waals surface area (Å²) >= 11 is 0. The Hall–Kier alpha value is -2.80. The van der Waals surface area contributed by atoms with Crippen LogP contribution in [0, 0.1) is 0 Å². The topological polar surface area (TPSA) is 0 Å². The van der Waals surface area contributed by atoms with Gasteiger partial charge in [-0.3, -0.25) is 0 Å². The molecule has 0 amide bonds. The summed E-state index contributed by atoms with van der Waals surface area (Å²) in [7, 11) is -2.31. The van der Waals surface area contributed by atoms with E-state index in [1.807, 2.05) is 0 Å². The molecule has 58 heavy (non-hydrogen) atoms. The standard InChI is InChI=1S/C56H74Si.Zr/c1-7-11-15-19-25-43-33-37-45(38-34-43)51-31-23-29-47-41-49(27-21-17-13-9-3)55(53(47)51)57(5,6)56-50(28-22-18-14-10-4)42-48-30-24-32-52(54(48)56)46-39-35-44(36-40-46)26-20-16-12-8-2;/h23-24,29-42H,7-22,25-28H2,1-6H3;/q-2;+2. The van der Waals surface area contributed by atoms with E-state index in [1.165, 1.54) is 183 Å². The van der Waals surface area contributed by atoms with Crippen LogP contribution in [-0.4, -0.2) is 8.07 Å². The minimum Gasteiger partial charge on any atom is -0.158 e. The maximum absolute atomic E-state index is 2.72. The molecule has 6 rings (SSSR count). The molecule has 0 nitrogen and oxygen atoms in total. The van der Waals surface area contributed by atoms with Crippen molar-refractivity contribution in [1.29, 1.82) is 0 Å². The monoisotopic (exact) mass is 864 g/mol. The van der Waals surface area contributed by atoms with Gasteiger partial charge in [0.2, 0.25) is 0 Å². The normalized spacial score (nSPS) is 11.8. The van der Waals surface area contributed by atoms with Crippen LogP contribution in [-0.2, 0) is 51.9 Å². The van der Waals surface area contributed by atoms with Gasteiger partial charge in [-0.25, -0.2) is 0 Å². The number of hydrogen-bond acceptors (Lipinski definition) is 0. The third-order valence-electron chi connectivity index (χ3n) is 13.0. The summed E-state index contributed by atoms with van der Waals surface area (Å²) in [5.74, 6) is 0. The zero-order valence-electron chi connectivity index (χ0n) is 37.4. The van der Waals surface area contributed by atoms with Crippen LogP contribution in [0.15, 0.2) is 97.1 Å². The molecule has 0 aliphatic carbocycles. The SMILES string of the molecule is CCCCCCc1ccc(-c2cccc3[cH-]c(CCCCCC)c([Si](C)(C)c4c(CCCCCC)[cH-]c5cccc(-c6ccc(CCCCCC)cc6)c45)c23)cc1.[Zr+2]. The second-order valence-electron chi connectivity index (χ2n) is 17.9. The van der Waals surface area contributed by atoms with Crippen molar-refractivity contribution in [2.45, 2.75) is 169 Å². The van der Waals surface area contributed by atoms with Gasteiger partial charge in [-0.2, -0.15) is 10.4 Å². The number of unbranched alkanes of at least 4 members (excludes halogenated alkanes) is 12. The Bertz CT molecular complexity index is 1950. The Morgan fingerprint density at radius 1 is 0.397 bits per heavy atom. The number of benzene rings is 4. The van der Waals surface area contributed by atoms with Gasteiger partial charge in [0.1, 0.15) is 0 Å². The van der Waals surface area contributed by atoms with E-state index in [0.29, 0.717) is 0 Å². The molecule has 0 saturated carbocycles. The molecule has 0 unspecified atom stereocenters. The van der Waals surface area contributed by atoms with E-state index in [9.17, 15) is 0 Å². The molecule has 6 aromatic carbocycles. The average molecular weight is 867 g/mol. The summed E-state index contributed by atoms with van der Waals surface area (Å²) in [5.41, 5.74) is 11.8. The molecule has 0 bridgehead atoms. The molecule has 2 heteroatoms. The molecule has 0 heterocycles. The van der Waals surface area contributed by atoms with Crippen molar-refractivity contribution in [3.8, 4) is 22.3 Å². The fraction of sp³-hybridized carbons (Fsp3) is 0.464. The molecule has 0 fully saturated rings. The number of hydrogen-bond donors (Lipinski definition) is 0.